The first-order valence-corrected chi connectivity index (χ1v) is 9.69. The standard InChI is InChI=1S/C22H29N3O3/c1-27-20-8-6-19(7-9-20)17-24-12-14-25(15-13-24)22(26)23-11-10-18-4-3-5-21(16-18)28-2/h3-9,16H,10-15,17H2,1-2H3,(H,23,26). The molecule has 2 amide bonds. The van der Waals surface area contributed by atoms with Crippen molar-refractivity contribution >= 4 is 6.03 Å². The number of amides is 2. The zero-order chi connectivity index (χ0) is 19.8. The molecular formula is C22H29N3O3. The molecule has 0 bridgehead atoms. The van der Waals surface area contributed by atoms with E-state index in [9.17, 15) is 4.79 Å². The van der Waals surface area contributed by atoms with Gasteiger partial charge in [-0.25, -0.2) is 4.79 Å². The van der Waals surface area contributed by atoms with E-state index in [4.69, 9.17) is 9.47 Å². The molecule has 0 radical (unpaired) electrons. The molecule has 2 aromatic carbocycles. The topological polar surface area (TPSA) is 54.0 Å². The Bertz CT molecular complexity index is 756. The summed E-state index contributed by atoms with van der Waals surface area (Å²) in [4.78, 5) is 16.7. The lowest BCUT2D eigenvalue weighted by molar-refractivity contribution is 0.135. The number of benzene rings is 2. The predicted octanol–water partition coefficient (Wildman–Crippen LogP) is 2.77. The molecule has 0 aromatic heterocycles. The summed E-state index contributed by atoms with van der Waals surface area (Å²) in [6, 6.07) is 16.1. The van der Waals surface area contributed by atoms with E-state index in [2.05, 4.69) is 22.3 Å². The van der Waals surface area contributed by atoms with Crippen LogP contribution >= 0.6 is 0 Å². The third kappa shape index (κ3) is 5.63. The molecule has 3 rings (SSSR count). The van der Waals surface area contributed by atoms with Gasteiger partial charge in [0.2, 0.25) is 0 Å². The van der Waals surface area contributed by atoms with Gasteiger partial charge in [0, 0.05) is 39.3 Å². The van der Waals surface area contributed by atoms with Gasteiger partial charge in [-0.1, -0.05) is 24.3 Å². The van der Waals surface area contributed by atoms with Crippen LogP contribution in [0.2, 0.25) is 0 Å². The molecule has 0 spiro atoms. The molecule has 6 nitrogen and oxygen atoms in total. The first-order valence-electron chi connectivity index (χ1n) is 9.69. The number of rotatable bonds is 7. The first kappa shape index (κ1) is 20.0. The van der Waals surface area contributed by atoms with Gasteiger partial charge in [0.1, 0.15) is 11.5 Å². The average Bonchev–Trinajstić information content (AvgIpc) is 2.75. The second-order valence-corrected chi connectivity index (χ2v) is 6.94. The van der Waals surface area contributed by atoms with Crippen molar-refractivity contribution in [2.45, 2.75) is 13.0 Å². The lowest BCUT2D eigenvalue weighted by Crippen LogP contribution is -2.51. The average molecular weight is 383 g/mol. The molecule has 6 heteroatoms. The molecule has 0 atom stereocenters. The fourth-order valence-corrected chi connectivity index (χ4v) is 3.35. The minimum Gasteiger partial charge on any atom is -0.497 e. The number of urea groups is 1. The van der Waals surface area contributed by atoms with Crippen molar-refractivity contribution in [3.8, 4) is 11.5 Å². The first-order chi connectivity index (χ1) is 13.7. The van der Waals surface area contributed by atoms with E-state index in [0.29, 0.717) is 6.54 Å². The SMILES string of the molecule is COc1ccc(CN2CCN(C(=O)NCCc3cccc(OC)c3)CC2)cc1. The summed E-state index contributed by atoms with van der Waals surface area (Å²) in [7, 11) is 3.34. The van der Waals surface area contributed by atoms with Crippen LogP contribution in [-0.2, 0) is 13.0 Å². The lowest BCUT2D eigenvalue weighted by atomic mass is 10.1. The van der Waals surface area contributed by atoms with Crippen LogP contribution in [0.15, 0.2) is 48.5 Å². The highest BCUT2D eigenvalue weighted by Crippen LogP contribution is 2.15. The third-order valence-electron chi connectivity index (χ3n) is 5.05. The zero-order valence-electron chi connectivity index (χ0n) is 16.7. The number of methoxy groups -OCH3 is 2. The number of nitrogens with zero attached hydrogens (tertiary/aromatic N) is 2. The zero-order valence-corrected chi connectivity index (χ0v) is 16.7. The maximum atomic E-state index is 12.4. The van der Waals surface area contributed by atoms with Crippen molar-refractivity contribution in [3.63, 3.8) is 0 Å². The fourth-order valence-electron chi connectivity index (χ4n) is 3.35. The van der Waals surface area contributed by atoms with Gasteiger partial charge in [0.05, 0.1) is 14.2 Å². The summed E-state index contributed by atoms with van der Waals surface area (Å²) in [6.07, 6.45) is 0.792. The third-order valence-corrected chi connectivity index (χ3v) is 5.05. The number of hydrogen-bond acceptors (Lipinski definition) is 4. The molecule has 0 saturated carbocycles. The Morgan fingerprint density at radius 2 is 1.64 bits per heavy atom. The van der Waals surface area contributed by atoms with Crippen molar-refractivity contribution in [2.75, 3.05) is 46.9 Å². The van der Waals surface area contributed by atoms with Gasteiger partial charge in [-0.3, -0.25) is 4.90 Å². The summed E-state index contributed by atoms with van der Waals surface area (Å²) in [5.74, 6) is 1.72. The molecule has 1 aliphatic heterocycles. The predicted molar refractivity (Wildman–Crippen MR) is 110 cm³/mol. The van der Waals surface area contributed by atoms with E-state index in [1.165, 1.54) is 5.56 Å². The maximum absolute atomic E-state index is 12.4. The Morgan fingerprint density at radius 3 is 2.32 bits per heavy atom. The molecule has 1 heterocycles. The number of carbonyl (C=O) groups excluding carboxylic acids is 1. The summed E-state index contributed by atoms with van der Waals surface area (Å²) >= 11 is 0. The van der Waals surface area contributed by atoms with Gasteiger partial charge in [0.25, 0.3) is 0 Å². The number of nitrogens with one attached hydrogen (secondary N) is 1. The minimum absolute atomic E-state index is 0.0204. The minimum atomic E-state index is 0.0204. The Hall–Kier alpha value is -2.73. The van der Waals surface area contributed by atoms with Crippen molar-refractivity contribution in [3.05, 3.63) is 59.7 Å². The molecule has 1 saturated heterocycles. The molecule has 1 fully saturated rings. The highest BCUT2D eigenvalue weighted by Gasteiger charge is 2.20. The van der Waals surface area contributed by atoms with E-state index in [0.717, 1.165) is 56.2 Å². The molecule has 0 unspecified atom stereocenters. The normalized spacial score (nSPS) is 14.6. The van der Waals surface area contributed by atoms with E-state index in [1.54, 1.807) is 14.2 Å². The van der Waals surface area contributed by atoms with Gasteiger partial charge in [-0.2, -0.15) is 0 Å². The molecule has 2 aromatic rings. The van der Waals surface area contributed by atoms with Crippen molar-refractivity contribution < 1.29 is 14.3 Å². The van der Waals surface area contributed by atoms with Gasteiger partial charge in [-0.05, 0) is 41.8 Å². The summed E-state index contributed by atoms with van der Waals surface area (Å²) in [5.41, 5.74) is 2.42. The monoisotopic (exact) mass is 383 g/mol. The van der Waals surface area contributed by atoms with E-state index < -0.39 is 0 Å². The summed E-state index contributed by atoms with van der Waals surface area (Å²) in [5, 5.41) is 3.03. The van der Waals surface area contributed by atoms with Crippen LogP contribution in [0.1, 0.15) is 11.1 Å². The summed E-state index contributed by atoms with van der Waals surface area (Å²) < 4.78 is 10.4. The molecule has 1 N–H and O–H groups in total. The number of ether oxygens (including phenoxy) is 2. The second kappa shape index (κ2) is 9.99. The number of piperazine rings is 1. The lowest BCUT2D eigenvalue weighted by Gasteiger charge is -2.34. The molecule has 1 aliphatic rings. The van der Waals surface area contributed by atoms with E-state index in [-0.39, 0.29) is 6.03 Å². The van der Waals surface area contributed by atoms with Crippen molar-refractivity contribution in [1.29, 1.82) is 0 Å². The van der Waals surface area contributed by atoms with Crippen LogP contribution in [0.4, 0.5) is 4.79 Å². The number of hydrogen-bond donors (Lipinski definition) is 1. The van der Waals surface area contributed by atoms with Crippen LogP contribution in [0.3, 0.4) is 0 Å². The van der Waals surface area contributed by atoms with Gasteiger partial charge in [-0.15, -0.1) is 0 Å². The van der Waals surface area contributed by atoms with Crippen LogP contribution in [0, 0.1) is 0 Å². The Labute approximate surface area is 167 Å². The van der Waals surface area contributed by atoms with Crippen LogP contribution in [-0.4, -0.2) is 62.8 Å². The highest BCUT2D eigenvalue weighted by atomic mass is 16.5. The smallest absolute Gasteiger partial charge is 0.317 e. The molecule has 150 valence electrons. The van der Waals surface area contributed by atoms with Crippen LogP contribution < -0.4 is 14.8 Å². The quantitative estimate of drug-likeness (QED) is 0.799. The second-order valence-electron chi connectivity index (χ2n) is 6.94. The Morgan fingerprint density at radius 1 is 0.929 bits per heavy atom. The fraction of sp³-hybridized carbons (Fsp3) is 0.409. The highest BCUT2D eigenvalue weighted by molar-refractivity contribution is 5.74. The van der Waals surface area contributed by atoms with Crippen LogP contribution in [0.25, 0.3) is 0 Å². The maximum Gasteiger partial charge on any atom is 0.317 e. The number of carbonyl (C=O) groups is 1. The Kier molecular flexibility index (Phi) is 7.14. The van der Waals surface area contributed by atoms with E-state index in [1.807, 2.05) is 41.3 Å². The van der Waals surface area contributed by atoms with Crippen LogP contribution in [0.5, 0.6) is 11.5 Å². The molecular weight excluding hydrogens is 354 g/mol. The Balaban J connectivity index is 1.38. The molecule has 28 heavy (non-hydrogen) atoms. The van der Waals surface area contributed by atoms with Gasteiger partial charge < -0.3 is 19.7 Å². The van der Waals surface area contributed by atoms with Gasteiger partial charge in [0.15, 0.2) is 0 Å². The van der Waals surface area contributed by atoms with Gasteiger partial charge >= 0.3 is 6.03 Å². The van der Waals surface area contributed by atoms with E-state index >= 15 is 0 Å². The summed E-state index contributed by atoms with van der Waals surface area (Å²) in [6.45, 7) is 4.79. The largest absolute Gasteiger partial charge is 0.497 e. The van der Waals surface area contributed by atoms with Crippen molar-refractivity contribution in [2.24, 2.45) is 0 Å². The van der Waals surface area contributed by atoms with Crippen molar-refractivity contribution in [1.82, 2.24) is 15.1 Å². The molecule has 0 aliphatic carbocycles.